The van der Waals surface area contributed by atoms with E-state index in [9.17, 15) is 4.79 Å². The predicted octanol–water partition coefficient (Wildman–Crippen LogP) is 5.41. The molecule has 0 atom stereocenters. The molecule has 0 aliphatic heterocycles. The van der Waals surface area contributed by atoms with Crippen LogP contribution in [-0.4, -0.2) is 10.9 Å². The van der Waals surface area contributed by atoms with E-state index in [4.69, 9.17) is 11.6 Å². The fraction of sp³-hybridized carbons (Fsp3) is 0.0588. The van der Waals surface area contributed by atoms with Gasteiger partial charge in [-0.05, 0) is 47.5 Å². The molecule has 1 N–H and O–H groups in total. The van der Waals surface area contributed by atoms with Crippen molar-refractivity contribution in [1.82, 2.24) is 4.98 Å². The summed E-state index contributed by atoms with van der Waals surface area (Å²) in [6.07, 6.45) is 3.77. The molecule has 6 heteroatoms. The Morgan fingerprint density at radius 3 is 2.78 bits per heavy atom. The zero-order valence-corrected chi connectivity index (χ0v) is 15.1. The van der Waals surface area contributed by atoms with Crippen LogP contribution in [0.2, 0.25) is 5.02 Å². The fourth-order valence-electron chi connectivity index (χ4n) is 2.13. The molecule has 0 bridgehead atoms. The lowest BCUT2D eigenvalue weighted by molar-refractivity contribution is -0.115. The summed E-state index contributed by atoms with van der Waals surface area (Å²) in [6, 6.07) is 11.3. The Kier molecular flexibility index (Phi) is 5.10. The average molecular weight is 408 g/mol. The van der Waals surface area contributed by atoms with Gasteiger partial charge in [-0.2, -0.15) is 0 Å². The van der Waals surface area contributed by atoms with Crippen molar-refractivity contribution >= 4 is 50.5 Å². The van der Waals surface area contributed by atoms with E-state index in [2.05, 4.69) is 26.2 Å². The van der Waals surface area contributed by atoms with Crippen molar-refractivity contribution in [3.8, 4) is 10.4 Å². The van der Waals surface area contributed by atoms with Gasteiger partial charge in [-0.25, -0.2) is 0 Å². The first kappa shape index (κ1) is 16.2. The van der Waals surface area contributed by atoms with Gasteiger partial charge in [0.05, 0.1) is 12.1 Å². The summed E-state index contributed by atoms with van der Waals surface area (Å²) in [7, 11) is 0. The SMILES string of the molecule is O=C(Cc1cc(Cl)ccc1Br)Nc1csc(-c2ccncc2)c1. The van der Waals surface area contributed by atoms with Crippen LogP contribution in [0.1, 0.15) is 5.56 Å². The number of thiophene rings is 1. The van der Waals surface area contributed by atoms with Gasteiger partial charge in [0.25, 0.3) is 0 Å². The Balaban J connectivity index is 1.69. The molecule has 0 aliphatic carbocycles. The van der Waals surface area contributed by atoms with E-state index >= 15 is 0 Å². The number of carbonyl (C=O) groups is 1. The number of nitrogens with one attached hydrogen (secondary N) is 1. The number of anilines is 1. The number of aromatic nitrogens is 1. The highest BCUT2D eigenvalue weighted by Gasteiger charge is 2.10. The zero-order valence-electron chi connectivity index (χ0n) is 11.9. The van der Waals surface area contributed by atoms with Crippen LogP contribution in [0.25, 0.3) is 10.4 Å². The average Bonchev–Trinajstić information content (AvgIpc) is 3.00. The topological polar surface area (TPSA) is 42.0 Å². The van der Waals surface area contributed by atoms with Gasteiger partial charge in [-0.15, -0.1) is 11.3 Å². The quantitative estimate of drug-likeness (QED) is 0.628. The van der Waals surface area contributed by atoms with Gasteiger partial charge in [0, 0.05) is 32.1 Å². The molecule has 2 heterocycles. The molecule has 1 amide bonds. The summed E-state index contributed by atoms with van der Waals surface area (Å²) in [6.45, 7) is 0. The molecule has 0 spiro atoms. The van der Waals surface area contributed by atoms with Gasteiger partial charge in [-0.1, -0.05) is 27.5 Å². The van der Waals surface area contributed by atoms with E-state index in [-0.39, 0.29) is 12.3 Å². The van der Waals surface area contributed by atoms with Gasteiger partial charge in [-0.3, -0.25) is 9.78 Å². The van der Waals surface area contributed by atoms with Crippen LogP contribution < -0.4 is 5.32 Å². The van der Waals surface area contributed by atoms with E-state index in [1.807, 2.05) is 29.6 Å². The summed E-state index contributed by atoms with van der Waals surface area (Å²) in [5.74, 6) is -0.0768. The highest BCUT2D eigenvalue weighted by Crippen LogP contribution is 2.29. The summed E-state index contributed by atoms with van der Waals surface area (Å²) in [5.41, 5.74) is 2.74. The minimum atomic E-state index is -0.0768. The van der Waals surface area contributed by atoms with Crippen LogP contribution >= 0.6 is 38.9 Å². The number of halogens is 2. The summed E-state index contributed by atoms with van der Waals surface area (Å²) in [4.78, 5) is 17.3. The lowest BCUT2D eigenvalue weighted by atomic mass is 10.1. The first-order chi connectivity index (χ1) is 11.1. The van der Waals surface area contributed by atoms with E-state index < -0.39 is 0 Å². The van der Waals surface area contributed by atoms with Crippen molar-refractivity contribution in [2.24, 2.45) is 0 Å². The summed E-state index contributed by atoms with van der Waals surface area (Å²) in [5, 5.41) is 5.47. The summed E-state index contributed by atoms with van der Waals surface area (Å²) >= 11 is 11.0. The Hall–Kier alpha value is -1.69. The second kappa shape index (κ2) is 7.25. The molecular weight excluding hydrogens is 396 g/mol. The van der Waals surface area contributed by atoms with Crippen molar-refractivity contribution in [2.45, 2.75) is 6.42 Å². The molecule has 2 aromatic heterocycles. The number of carbonyl (C=O) groups excluding carboxylic acids is 1. The van der Waals surface area contributed by atoms with Gasteiger partial charge in [0.15, 0.2) is 0 Å². The Bertz CT molecular complexity index is 836. The van der Waals surface area contributed by atoms with Crippen molar-refractivity contribution in [2.75, 3.05) is 5.32 Å². The van der Waals surface area contributed by atoms with E-state index in [1.54, 1.807) is 35.9 Å². The van der Waals surface area contributed by atoms with E-state index in [0.717, 1.165) is 26.2 Å². The largest absolute Gasteiger partial charge is 0.325 e. The maximum absolute atomic E-state index is 12.2. The molecule has 0 aliphatic rings. The number of amides is 1. The molecule has 23 heavy (non-hydrogen) atoms. The van der Waals surface area contributed by atoms with Gasteiger partial charge in [0.1, 0.15) is 0 Å². The zero-order chi connectivity index (χ0) is 16.2. The smallest absolute Gasteiger partial charge is 0.228 e. The van der Waals surface area contributed by atoms with Gasteiger partial charge < -0.3 is 5.32 Å². The first-order valence-corrected chi connectivity index (χ1v) is 8.89. The molecule has 0 unspecified atom stereocenters. The van der Waals surface area contributed by atoms with Crippen LogP contribution in [0.3, 0.4) is 0 Å². The summed E-state index contributed by atoms with van der Waals surface area (Å²) < 4.78 is 0.875. The second-order valence-electron chi connectivity index (χ2n) is 4.90. The lowest BCUT2D eigenvalue weighted by Gasteiger charge is -2.06. The highest BCUT2D eigenvalue weighted by atomic mass is 79.9. The maximum atomic E-state index is 12.2. The van der Waals surface area contributed by atoms with E-state index in [0.29, 0.717) is 5.02 Å². The van der Waals surface area contributed by atoms with E-state index in [1.165, 1.54) is 0 Å². The Morgan fingerprint density at radius 1 is 1.22 bits per heavy atom. The third-order valence-corrected chi connectivity index (χ3v) is 5.19. The minimum Gasteiger partial charge on any atom is -0.325 e. The standard InChI is InChI=1S/C17H12BrClN2OS/c18-15-2-1-13(19)7-12(15)8-17(22)21-14-9-16(23-10-14)11-3-5-20-6-4-11/h1-7,9-10H,8H2,(H,21,22). The van der Waals surface area contributed by atoms with Crippen LogP contribution in [0.5, 0.6) is 0 Å². The van der Waals surface area contributed by atoms with Crippen molar-refractivity contribution < 1.29 is 4.79 Å². The van der Waals surface area contributed by atoms with Gasteiger partial charge in [0.2, 0.25) is 5.91 Å². The second-order valence-corrected chi connectivity index (χ2v) is 7.10. The fourth-order valence-corrected chi connectivity index (χ4v) is 3.56. The molecule has 3 rings (SSSR count). The molecule has 0 saturated carbocycles. The third-order valence-electron chi connectivity index (χ3n) is 3.21. The molecule has 3 nitrogen and oxygen atoms in total. The van der Waals surface area contributed by atoms with Crippen LogP contribution in [0.4, 0.5) is 5.69 Å². The lowest BCUT2D eigenvalue weighted by Crippen LogP contribution is -2.14. The molecule has 3 aromatic rings. The Morgan fingerprint density at radius 2 is 2.00 bits per heavy atom. The number of rotatable bonds is 4. The monoisotopic (exact) mass is 406 g/mol. The molecule has 0 radical (unpaired) electrons. The number of nitrogens with zero attached hydrogens (tertiary/aromatic N) is 1. The molecule has 0 fully saturated rings. The number of hydrogen-bond acceptors (Lipinski definition) is 3. The molecule has 1 aromatic carbocycles. The number of benzene rings is 1. The number of pyridine rings is 1. The molecular formula is C17H12BrClN2OS. The van der Waals surface area contributed by atoms with Crippen LogP contribution in [0, 0.1) is 0 Å². The highest BCUT2D eigenvalue weighted by molar-refractivity contribution is 9.10. The Labute approximate surface area is 151 Å². The minimum absolute atomic E-state index is 0.0768. The van der Waals surface area contributed by atoms with Gasteiger partial charge >= 0.3 is 0 Å². The molecule has 116 valence electrons. The van der Waals surface area contributed by atoms with Crippen LogP contribution in [-0.2, 0) is 11.2 Å². The van der Waals surface area contributed by atoms with Crippen LogP contribution in [0.15, 0.2) is 58.6 Å². The first-order valence-electron chi connectivity index (χ1n) is 6.84. The third kappa shape index (κ3) is 4.19. The molecule has 0 saturated heterocycles. The van der Waals surface area contributed by atoms with Crippen molar-refractivity contribution in [1.29, 1.82) is 0 Å². The van der Waals surface area contributed by atoms with Crippen molar-refractivity contribution in [3.05, 3.63) is 69.2 Å². The van der Waals surface area contributed by atoms with Crippen molar-refractivity contribution in [3.63, 3.8) is 0 Å². The number of hydrogen-bond donors (Lipinski definition) is 1. The normalized spacial score (nSPS) is 10.5. The maximum Gasteiger partial charge on any atom is 0.228 e. The predicted molar refractivity (Wildman–Crippen MR) is 99.0 cm³/mol.